The topological polar surface area (TPSA) is 119 Å². The lowest BCUT2D eigenvalue weighted by Crippen LogP contribution is -2.37. The monoisotopic (exact) mass is 504 g/mol. The average Bonchev–Trinajstić information content (AvgIpc) is 2.75. The minimum atomic E-state index is -5.08. The van der Waals surface area contributed by atoms with Gasteiger partial charge in [-0.2, -0.15) is 13.2 Å². The Hall–Kier alpha value is -2.76. The van der Waals surface area contributed by atoms with Crippen molar-refractivity contribution in [2.24, 2.45) is 5.73 Å². The number of nitrogens with one attached hydrogen (secondary N) is 1. The second kappa shape index (κ2) is 11.4. The first-order valence-electron chi connectivity index (χ1n) is 9.41. The summed E-state index contributed by atoms with van der Waals surface area (Å²) in [7, 11) is 0. The number of thioether (sulfide) groups is 1. The molecule has 0 bridgehead atoms. The zero-order valence-corrected chi connectivity index (χ0v) is 18.8. The Kier molecular flexibility index (Phi) is 9.15. The predicted molar refractivity (Wildman–Crippen MR) is 118 cm³/mol. The molecule has 0 saturated carbocycles. The van der Waals surface area contributed by atoms with Gasteiger partial charge in [-0.05, 0) is 54.1 Å². The summed E-state index contributed by atoms with van der Waals surface area (Å²) in [5, 5.41) is 10.5. The number of halogens is 4. The van der Waals surface area contributed by atoms with Crippen molar-refractivity contribution >= 4 is 46.9 Å². The van der Waals surface area contributed by atoms with Crippen LogP contribution in [-0.4, -0.2) is 48.0 Å². The number of ether oxygens (including phenoxy) is 1. The van der Waals surface area contributed by atoms with Crippen molar-refractivity contribution in [3.8, 4) is 0 Å². The summed E-state index contributed by atoms with van der Waals surface area (Å²) in [6, 6.07) is 10.1. The minimum absolute atomic E-state index is 0.325. The molecule has 2 aromatic carbocycles. The number of hydrogen-bond acceptors (Lipinski definition) is 6. The molecule has 0 aliphatic carbocycles. The van der Waals surface area contributed by atoms with E-state index in [1.54, 1.807) is 23.9 Å². The number of rotatable bonds is 5. The zero-order valence-electron chi connectivity index (χ0n) is 17.2. The molecule has 1 aliphatic rings. The van der Waals surface area contributed by atoms with E-state index in [-0.39, 0.29) is 11.9 Å². The summed E-state index contributed by atoms with van der Waals surface area (Å²) in [4.78, 5) is 34.2. The van der Waals surface area contributed by atoms with Crippen molar-refractivity contribution in [1.82, 2.24) is 0 Å². The quantitative estimate of drug-likeness (QED) is 0.417. The van der Waals surface area contributed by atoms with E-state index >= 15 is 0 Å². The van der Waals surface area contributed by atoms with E-state index in [0.29, 0.717) is 35.7 Å². The number of esters is 1. The molecule has 33 heavy (non-hydrogen) atoms. The third-order valence-corrected chi connectivity index (χ3v) is 5.57. The highest BCUT2D eigenvalue weighted by Gasteiger charge is 2.38. The van der Waals surface area contributed by atoms with Crippen molar-refractivity contribution in [3.05, 3.63) is 58.1 Å². The SMILES string of the molecule is CSc1ccc(Cl)c(CC(N)C(=O)Nc2ccc3c(c2)C(=O)OCC3)c1.O=C(O)C(F)(F)F. The van der Waals surface area contributed by atoms with Crippen LogP contribution >= 0.6 is 23.4 Å². The second-order valence-corrected chi connectivity index (χ2v) is 8.10. The van der Waals surface area contributed by atoms with Gasteiger partial charge in [0.15, 0.2) is 0 Å². The number of nitrogens with two attached hydrogens (primary N) is 1. The largest absolute Gasteiger partial charge is 0.490 e. The number of cyclic esters (lactones) is 1. The summed E-state index contributed by atoms with van der Waals surface area (Å²) < 4.78 is 36.8. The molecule has 0 aromatic heterocycles. The van der Waals surface area contributed by atoms with Gasteiger partial charge in [0.25, 0.3) is 0 Å². The fraction of sp³-hybridized carbons (Fsp3) is 0.286. The van der Waals surface area contributed by atoms with Crippen LogP contribution in [0.4, 0.5) is 18.9 Å². The lowest BCUT2D eigenvalue weighted by Gasteiger charge is -2.18. The van der Waals surface area contributed by atoms with E-state index in [2.05, 4.69) is 5.32 Å². The third kappa shape index (κ3) is 7.65. The maximum Gasteiger partial charge on any atom is 0.490 e. The van der Waals surface area contributed by atoms with Gasteiger partial charge in [0.2, 0.25) is 5.91 Å². The lowest BCUT2D eigenvalue weighted by molar-refractivity contribution is -0.192. The summed E-state index contributed by atoms with van der Waals surface area (Å²) in [5.74, 6) is -3.46. The van der Waals surface area contributed by atoms with Crippen LogP contribution in [0.1, 0.15) is 21.5 Å². The summed E-state index contributed by atoms with van der Waals surface area (Å²) in [6.07, 6.45) is -2.11. The van der Waals surface area contributed by atoms with E-state index in [0.717, 1.165) is 16.0 Å². The van der Waals surface area contributed by atoms with Gasteiger partial charge in [-0.1, -0.05) is 17.7 Å². The highest BCUT2D eigenvalue weighted by atomic mass is 35.5. The van der Waals surface area contributed by atoms with E-state index in [1.165, 1.54) is 0 Å². The standard InChI is InChI=1S/C19H19ClN2O3S.C2HF3O2/c1-26-14-4-5-16(20)12(8-14)9-17(21)18(23)22-13-3-2-11-6-7-25-19(24)15(11)10-13;3-2(4,5)1(6)7/h2-5,8,10,17H,6-7,9,21H2,1H3,(H,22,23);(H,6,7). The number of carboxylic acid groups (broad SMARTS) is 1. The molecular formula is C21H20ClF3N2O5S. The molecule has 0 spiro atoms. The van der Waals surface area contributed by atoms with Gasteiger partial charge < -0.3 is 20.9 Å². The number of amides is 1. The molecular weight excluding hydrogens is 485 g/mol. The molecule has 2 aromatic rings. The summed E-state index contributed by atoms with van der Waals surface area (Å²) >= 11 is 7.81. The van der Waals surface area contributed by atoms with Crippen LogP contribution in [0.5, 0.6) is 0 Å². The molecule has 0 fully saturated rings. The number of anilines is 1. The van der Waals surface area contributed by atoms with Gasteiger partial charge in [-0.15, -0.1) is 11.8 Å². The molecule has 0 saturated heterocycles. The van der Waals surface area contributed by atoms with Gasteiger partial charge in [-0.25, -0.2) is 9.59 Å². The van der Waals surface area contributed by atoms with Gasteiger partial charge in [0, 0.05) is 22.0 Å². The fourth-order valence-electron chi connectivity index (χ4n) is 2.79. The van der Waals surface area contributed by atoms with Crippen LogP contribution in [0, 0.1) is 0 Å². The molecule has 1 amide bonds. The molecule has 7 nitrogen and oxygen atoms in total. The Labute approximate surface area is 196 Å². The van der Waals surface area contributed by atoms with E-state index in [9.17, 15) is 22.8 Å². The number of benzene rings is 2. The van der Waals surface area contributed by atoms with Gasteiger partial charge in [-0.3, -0.25) is 4.79 Å². The van der Waals surface area contributed by atoms with E-state index in [1.807, 2.05) is 30.5 Å². The number of carbonyl (C=O) groups is 3. The molecule has 178 valence electrons. The number of carboxylic acids is 1. The van der Waals surface area contributed by atoms with Crippen LogP contribution < -0.4 is 11.1 Å². The highest BCUT2D eigenvalue weighted by molar-refractivity contribution is 7.98. The molecule has 1 aliphatic heterocycles. The van der Waals surface area contributed by atoms with Gasteiger partial charge >= 0.3 is 18.1 Å². The Morgan fingerprint density at radius 3 is 2.55 bits per heavy atom. The van der Waals surface area contributed by atoms with Crippen molar-refractivity contribution in [2.45, 2.75) is 30.0 Å². The minimum Gasteiger partial charge on any atom is -0.475 e. The number of alkyl halides is 3. The smallest absolute Gasteiger partial charge is 0.475 e. The van der Waals surface area contributed by atoms with Crippen LogP contribution in [0.3, 0.4) is 0 Å². The van der Waals surface area contributed by atoms with Crippen LogP contribution in [0.25, 0.3) is 0 Å². The van der Waals surface area contributed by atoms with Crippen molar-refractivity contribution < 1.29 is 37.4 Å². The Morgan fingerprint density at radius 2 is 1.94 bits per heavy atom. The van der Waals surface area contributed by atoms with Crippen molar-refractivity contribution in [3.63, 3.8) is 0 Å². The summed E-state index contributed by atoms with van der Waals surface area (Å²) in [5.41, 5.74) is 8.81. The van der Waals surface area contributed by atoms with Gasteiger partial charge in [0.1, 0.15) is 0 Å². The fourth-order valence-corrected chi connectivity index (χ4v) is 3.45. The molecule has 12 heteroatoms. The molecule has 1 heterocycles. The molecule has 1 atom stereocenters. The van der Waals surface area contributed by atoms with Crippen LogP contribution in [-0.2, 0) is 27.2 Å². The zero-order chi connectivity index (χ0) is 24.8. The predicted octanol–water partition coefficient (Wildman–Crippen LogP) is 3.92. The van der Waals surface area contributed by atoms with Crippen LogP contribution in [0.2, 0.25) is 5.02 Å². The van der Waals surface area contributed by atoms with Gasteiger partial charge in [0.05, 0.1) is 18.2 Å². The molecule has 4 N–H and O–H groups in total. The highest BCUT2D eigenvalue weighted by Crippen LogP contribution is 2.25. The first-order chi connectivity index (χ1) is 15.4. The molecule has 3 rings (SSSR count). The second-order valence-electron chi connectivity index (χ2n) is 6.82. The normalized spacial score (nSPS) is 13.7. The molecule has 1 unspecified atom stereocenters. The van der Waals surface area contributed by atoms with Crippen molar-refractivity contribution in [1.29, 1.82) is 0 Å². The average molecular weight is 505 g/mol. The van der Waals surface area contributed by atoms with E-state index < -0.39 is 18.2 Å². The first kappa shape index (κ1) is 26.5. The molecule has 0 radical (unpaired) electrons. The third-order valence-electron chi connectivity index (χ3n) is 4.47. The Bertz CT molecular complexity index is 1050. The lowest BCUT2D eigenvalue weighted by atomic mass is 10.0. The number of hydrogen-bond donors (Lipinski definition) is 3. The maximum atomic E-state index is 12.4. The number of carbonyl (C=O) groups excluding carboxylic acids is 2. The summed E-state index contributed by atoms with van der Waals surface area (Å²) in [6.45, 7) is 0.387. The Balaban J connectivity index is 0.000000479. The van der Waals surface area contributed by atoms with E-state index in [4.69, 9.17) is 32.0 Å². The van der Waals surface area contributed by atoms with Crippen molar-refractivity contribution in [2.75, 3.05) is 18.2 Å². The van der Waals surface area contributed by atoms with Crippen LogP contribution in [0.15, 0.2) is 41.3 Å². The Morgan fingerprint density at radius 1 is 1.27 bits per heavy atom. The number of fused-ring (bicyclic) bond motifs is 1. The first-order valence-corrected chi connectivity index (χ1v) is 11.0. The maximum absolute atomic E-state index is 12.4. The number of aliphatic carboxylic acids is 1.